The lowest BCUT2D eigenvalue weighted by atomic mass is 10.1. The van der Waals surface area contributed by atoms with Gasteiger partial charge in [0.1, 0.15) is 11.0 Å². The molecule has 4 N–H and O–H groups in total. The van der Waals surface area contributed by atoms with Crippen molar-refractivity contribution >= 4 is 27.8 Å². The van der Waals surface area contributed by atoms with Gasteiger partial charge in [-0.3, -0.25) is 20.1 Å². The molecule has 0 fully saturated rings. The van der Waals surface area contributed by atoms with Crippen molar-refractivity contribution in [2.75, 3.05) is 5.73 Å². The number of hydrogen-bond donors (Lipinski definition) is 3. The molecule has 0 unspecified atom stereocenters. The summed E-state index contributed by atoms with van der Waals surface area (Å²) in [5.41, 5.74) is 13.6. The Labute approximate surface area is 175 Å². The summed E-state index contributed by atoms with van der Waals surface area (Å²) in [6.07, 6.45) is 10.4. The number of nitrogens with zero attached hydrogens (tertiary/aromatic N) is 6. The summed E-state index contributed by atoms with van der Waals surface area (Å²) in [4.78, 5) is 25.6. The molecule has 0 aliphatic heterocycles. The average Bonchev–Trinajstić information content (AvgIpc) is 3.43. The van der Waals surface area contributed by atoms with E-state index in [9.17, 15) is 0 Å². The monoisotopic (exact) mass is 405 g/mol. The lowest BCUT2D eigenvalue weighted by Crippen LogP contribution is -1.90. The molecule has 6 rings (SSSR count). The van der Waals surface area contributed by atoms with Crippen LogP contribution in [0.25, 0.3) is 56.0 Å². The lowest BCUT2D eigenvalue weighted by Gasteiger charge is -2.02. The van der Waals surface area contributed by atoms with Gasteiger partial charge in [-0.25, -0.2) is 9.97 Å². The van der Waals surface area contributed by atoms with Gasteiger partial charge in [0.2, 0.25) is 0 Å². The average molecular weight is 405 g/mol. The van der Waals surface area contributed by atoms with Gasteiger partial charge in [0.05, 0.1) is 28.6 Å². The minimum absolute atomic E-state index is 0.583. The maximum atomic E-state index is 5.88. The van der Waals surface area contributed by atoms with Crippen LogP contribution in [-0.2, 0) is 0 Å². The fraction of sp³-hybridized carbons (Fsp3) is 0. The molecule has 6 aromatic heterocycles. The van der Waals surface area contributed by atoms with Crippen LogP contribution in [0.1, 0.15) is 0 Å². The van der Waals surface area contributed by atoms with Gasteiger partial charge in [-0.2, -0.15) is 5.10 Å². The molecule has 31 heavy (non-hydrogen) atoms. The third-order valence-electron chi connectivity index (χ3n) is 5.05. The van der Waals surface area contributed by atoms with Crippen LogP contribution in [0, 0.1) is 0 Å². The van der Waals surface area contributed by atoms with Crippen LogP contribution in [0.4, 0.5) is 5.69 Å². The van der Waals surface area contributed by atoms with Crippen molar-refractivity contribution in [1.29, 1.82) is 0 Å². The van der Waals surface area contributed by atoms with Gasteiger partial charge in [0.25, 0.3) is 0 Å². The normalized spacial score (nSPS) is 11.4. The second-order valence-corrected chi connectivity index (χ2v) is 7.08. The van der Waals surface area contributed by atoms with Crippen LogP contribution in [-0.4, -0.2) is 40.1 Å². The Hall–Kier alpha value is -4.66. The molecule has 0 radical (unpaired) electrons. The van der Waals surface area contributed by atoms with E-state index in [-0.39, 0.29) is 0 Å². The lowest BCUT2D eigenvalue weighted by molar-refractivity contribution is 1.10. The highest BCUT2D eigenvalue weighted by atomic mass is 15.1. The van der Waals surface area contributed by atoms with Crippen molar-refractivity contribution in [3.05, 3.63) is 67.5 Å². The molecule has 148 valence electrons. The minimum atomic E-state index is 0.583. The summed E-state index contributed by atoms with van der Waals surface area (Å²) in [5, 5.41) is 7.49. The molecule has 0 aromatic carbocycles. The van der Waals surface area contributed by atoms with Crippen LogP contribution in [0.15, 0.2) is 67.5 Å². The van der Waals surface area contributed by atoms with E-state index < -0.39 is 0 Å². The van der Waals surface area contributed by atoms with E-state index >= 15 is 0 Å². The highest BCUT2D eigenvalue weighted by molar-refractivity contribution is 5.95. The van der Waals surface area contributed by atoms with Crippen molar-refractivity contribution in [1.82, 2.24) is 40.1 Å². The number of aromatic amines is 2. The number of nitrogen functional groups attached to an aromatic ring is 1. The number of rotatable bonds is 3. The van der Waals surface area contributed by atoms with Gasteiger partial charge in [0, 0.05) is 47.7 Å². The molecule has 9 nitrogen and oxygen atoms in total. The van der Waals surface area contributed by atoms with Crippen molar-refractivity contribution in [2.24, 2.45) is 0 Å². The topological polar surface area (TPSA) is 135 Å². The SMILES string of the molecule is Nc1cncc(-c2ccc3[nH]nc(-c4nc5c(-c6cccnc6)cncc5[nH]4)c3n2)c1. The Morgan fingerprint density at radius 1 is 0.774 bits per heavy atom. The number of hydrogen-bond acceptors (Lipinski definition) is 7. The molecule has 0 bridgehead atoms. The van der Waals surface area contributed by atoms with Crippen LogP contribution >= 0.6 is 0 Å². The van der Waals surface area contributed by atoms with E-state index in [2.05, 4.69) is 30.1 Å². The predicted octanol–water partition coefficient (Wildman–Crippen LogP) is 3.60. The Kier molecular flexibility index (Phi) is 3.72. The molecule has 6 heterocycles. The summed E-state index contributed by atoms with van der Waals surface area (Å²) in [7, 11) is 0. The molecule has 9 heteroatoms. The first-order valence-electron chi connectivity index (χ1n) is 9.57. The largest absolute Gasteiger partial charge is 0.397 e. The number of H-pyrrole nitrogens is 2. The third-order valence-corrected chi connectivity index (χ3v) is 5.05. The van der Waals surface area contributed by atoms with Gasteiger partial charge in [0.15, 0.2) is 11.5 Å². The molecule has 0 spiro atoms. The number of nitrogens with two attached hydrogens (primary N) is 1. The second-order valence-electron chi connectivity index (χ2n) is 7.08. The van der Waals surface area contributed by atoms with Gasteiger partial charge in [-0.15, -0.1) is 0 Å². The van der Waals surface area contributed by atoms with Crippen LogP contribution in [0.3, 0.4) is 0 Å². The van der Waals surface area contributed by atoms with Crippen molar-refractivity contribution < 1.29 is 0 Å². The van der Waals surface area contributed by atoms with E-state index in [1.54, 1.807) is 37.2 Å². The molecular weight excluding hydrogens is 390 g/mol. The summed E-state index contributed by atoms with van der Waals surface area (Å²) in [6, 6.07) is 9.55. The van der Waals surface area contributed by atoms with E-state index in [1.165, 1.54) is 0 Å². The molecule has 6 aromatic rings. The van der Waals surface area contributed by atoms with E-state index in [1.807, 2.05) is 30.3 Å². The van der Waals surface area contributed by atoms with Crippen molar-refractivity contribution in [3.63, 3.8) is 0 Å². The highest BCUT2D eigenvalue weighted by Gasteiger charge is 2.17. The van der Waals surface area contributed by atoms with Gasteiger partial charge >= 0.3 is 0 Å². The van der Waals surface area contributed by atoms with E-state index in [0.717, 1.165) is 38.9 Å². The van der Waals surface area contributed by atoms with Crippen molar-refractivity contribution in [3.8, 4) is 33.9 Å². The molecule has 0 aliphatic carbocycles. The van der Waals surface area contributed by atoms with Crippen LogP contribution in [0.5, 0.6) is 0 Å². The highest BCUT2D eigenvalue weighted by Crippen LogP contribution is 2.31. The first-order valence-corrected chi connectivity index (χ1v) is 9.57. The molecular formula is C22H15N9. The summed E-state index contributed by atoms with van der Waals surface area (Å²) >= 11 is 0. The van der Waals surface area contributed by atoms with E-state index in [0.29, 0.717) is 22.7 Å². The quantitative estimate of drug-likeness (QED) is 0.409. The number of nitrogens with one attached hydrogen (secondary N) is 2. The summed E-state index contributed by atoms with van der Waals surface area (Å²) < 4.78 is 0. The Balaban J connectivity index is 1.51. The molecule has 0 atom stereocenters. The smallest absolute Gasteiger partial charge is 0.161 e. The number of aromatic nitrogens is 8. The zero-order chi connectivity index (χ0) is 20.8. The zero-order valence-corrected chi connectivity index (χ0v) is 16.1. The third kappa shape index (κ3) is 2.87. The maximum Gasteiger partial charge on any atom is 0.161 e. The number of pyridine rings is 4. The Morgan fingerprint density at radius 2 is 1.68 bits per heavy atom. The van der Waals surface area contributed by atoms with E-state index in [4.69, 9.17) is 15.7 Å². The maximum absolute atomic E-state index is 5.88. The van der Waals surface area contributed by atoms with Crippen LogP contribution < -0.4 is 5.73 Å². The number of anilines is 1. The fourth-order valence-electron chi connectivity index (χ4n) is 3.60. The summed E-state index contributed by atoms with van der Waals surface area (Å²) in [6.45, 7) is 0. The predicted molar refractivity (Wildman–Crippen MR) is 118 cm³/mol. The molecule has 0 amide bonds. The number of imidazole rings is 1. The van der Waals surface area contributed by atoms with Crippen molar-refractivity contribution in [2.45, 2.75) is 0 Å². The van der Waals surface area contributed by atoms with Crippen LogP contribution in [0.2, 0.25) is 0 Å². The molecule has 0 saturated heterocycles. The Bertz CT molecular complexity index is 1550. The zero-order valence-electron chi connectivity index (χ0n) is 16.1. The molecule has 0 aliphatic rings. The van der Waals surface area contributed by atoms with Gasteiger partial charge in [-0.1, -0.05) is 6.07 Å². The first-order chi connectivity index (χ1) is 15.3. The number of fused-ring (bicyclic) bond motifs is 2. The van der Waals surface area contributed by atoms with Gasteiger partial charge < -0.3 is 10.7 Å². The molecule has 0 saturated carbocycles. The van der Waals surface area contributed by atoms with Gasteiger partial charge in [-0.05, 0) is 24.3 Å². The fourth-order valence-corrected chi connectivity index (χ4v) is 3.60. The standard InChI is InChI=1S/C22H15N9/c23-14-6-13(8-25-9-14)16-3-4-17-20(27-16)21(31-30-17)22-28-18-11-26-10-15(19(18)29-22)12-2-1-5-24-7-12/h1-11H,23H2,(H,28,29)(H,30,31). The first kappa shape index (κ1) is 17.2. The minimum Gasteiger partial charge on any atom is -0.397 e. The second kappa shape index (κ2) is 6.70. The summed E-state index contributed by atoms with van der Waals surface area (Å²) in [5.74, 6) is 0.606. The Morgan fingerprint density at radius 3 is 2.55 bits per heavy atom.